The molecule has 2 rings (SSSR count). The molecule has 0 N–H and O–H groups in total. The zero-order valence-corrected chi connectivity index (χ0v) is 13.8. The fraction of sp³-hybridized carbons (Fsp3) is 1.00. The topological polar surface area (TPSA) is 9.23 Å². The molecule has 2 heteroatoms. The zero-order chi connectivity index (χ0) is 13.3. The van der Waals surface area contributed by atoms with Gasteiger partial charge in [0.1, 0.15) is 0 Å². The van der Waals surface area contributed by atoms with E-state index in [1.54, 1.807) is 0 Å². The van der Waals surface area contributed by atoms with Gasteiger partial charge in [-0.25, -0.2) is 0 Å². The predicted molar refractivity (Wildman–Crippen MR) is 86.0 cm³/mol. The van der Waals surface area contributed by atoms with Crippen LogP contribution in [0.1, 0.15) is 77.0 Å². The van der Waals surface area contributed by atoms with E-state index in [1.807, 2.05) is 7.11 Å². The van der Waals surface area contributed by atoms with Gasteiger partial charge in [-0.05, 0) is 37.0 Å². The fourth-order valence-electron chi connectivity index (χ4n) is 3.90. The monoisotopic (exact) mass is 284 g/mol. The van der Waals surface area contributed by atoms with Crippen LogP contribution >= 0.6 is 8.15 Å². The largest absolute Gasteiger partial charge is 0.362 e. The highest BCUT2D eigenvalue weighted by Crippen LogP contribution is 2.42. The lowest BCUT2D eigenvalue weighted by Gasteiger charge is -2.26. The molecule has 0 saturated heterocycles. The zero-order valence-electron chi connectivity index (χ0n) is 12.9. The van der Waals surface area contributed by atoms with Gasteiger partial charge in [-0.2, -0.15) is 0 Å². The van der Waals surface area contributed by atoms with E-state index in [4.69, 9.17) is 4.52 Å². The Kier molecular flexibility index (Phi) is 7.76. The van der Waals surface area contributed by atoms with Gasteiger partial charge in [-0.1, -0.05) is 64.2 Å². The molecule has 0 spiro atoms. The van der Waals surface area contributed by atoms with Gasteiger partial charge in [-0.15, -0.1) is 0 Å². The van der Waals surface area contributed by atoms with Crippen molar-refractivity contribution in [3.8, 4) is 0 Å². The van der Waals surface area contributed by atoms with E-state index >= 15 is 0 Å². The summed E-state index contributed by atoms with van der Waals surface area (Å²) in [5.74, 6) is 2.06. The number of hydrogen-bond acceptors (Lipinski definition) is 1. The Morgan fingerprint density at radius 3 is 1.53 bits per heavy atom. The maximum atomic E-state index is 5.80. The summed E-state index contributed by atoms with van der Waals surface area (Å²) < 4.78 is 5.80. The van der Waals surface area contributed by atoms with Crippen LogP contribution in [0.25, 0.3) is 0 Å². The first-order valence-corrected chi connectivity index (χ1v) is 10.3. The average molecular weight is 284 g/mol. The van der Waals surface area contributed by atoms with E-state index in [2.05, 4.69) is 0 Å². The van der Waals surface area contributed by atoms with Gasteiger partial charge in [0.25, 0.3) is 0 Å². The maximum absolute atomic E-state index is 5.80. The van der Waals surface area contributed by atoms with Crippen LogP contribution in [0.5, 0.6) is 0 Å². The van der Waals surface area contributed by atoms with Crippen molar-refractivity contribution >= 4 is 8.15 Å². The molecule has 0 unspecified atom stereocenters. The van der Waals surface area contributed by atoms with Crippen molar-refractivity contribution in [1.82, 2.24) is 0 Å². The summed E-state index contributed by atoms with van der Waals surface area (Å²) in [6, 6.07) is 0. The fourth-order valence-corrected chi connectivity index (χ4v) is 5.79. The Morgan fingerprint density at radius 1 is 0.737 bits per heavy atom. The molecule has 0 aromatic heterocycles. The molecule has 0 atom stereocenters. The third-order valence-corrected chi connectivity index (χ3v) is 7.31. The van der Waals surface area contributed by atoms with Crippen LogP contribution in [0.3, 0.4) is 0 Å². The summed E-state index contributed by atoms with van der Waals surface area (Å²) in [7, 11) is 1.84. The number of hydrogen-bond donors (Lipinski definition) is 0. The molecule has 0 aliphatic heterocycles. The molecule has 2 aliphatic carbocycles. The molecule has 0 aromatic rings. The molecule has 1 nitrogen and oxygen atoms in total. The van der Waals surface area contributed by atoms with E-state index in [0.717, 1.165) is 11.8 Å². The molecule has 0 radical (unpaired) electrons. The van der Waals surface area contributed by atoms with Crippen LogP contribution in [0.15, 0.2) is 0 Å². The minimum absolute atomic E-state index is 0.108. The van der Waals surface area contributed by atoms with Gasteiger partial charge < -0.3 is 4.52 Å². The van der Waals surface area contributed by atoms with Gasteiger partial charge in [-0.3, -0.25) is 0 Å². The summed E-state index contributed by atoms with van der Waals surface area (Å²) in [5, 5.41) is 0. The quantitative estimate of drug-likeness (QED) is 0.523. The highest BCUT2D eigenvalue weighted by molar-refractivity contribution is 7.52. The van der Waals surface area contributed by atoms with Crippen molar-refractivity contribution in [2.45, 2.75) is 77.0 Å². The molecule has 2 aliphatic rings. The maximum Gasteiger partial charge on any atom is 0.0398 e. The number of rotatable bonds is 7. The minimum Gasteiger partial charge on any atom is -0.362 e. The van der Waals surface area contributed by atoms with E-state index in [9.17, 15) is 0 Å². The molecule has 112 valence electrons. The lowest BCUT2D eigenvalue weighted by Crippen LogP contribution is -2.10. The summed E-state index contributed by atoms with van der Waals surface area (Å²) in [5.41, 5.74) is 0. The van der Waals surface area contributed by atoms with Crippen molar-refractivity contribution in [2.75, 3.05) is 19.4 Å². The lowest BCUT2D eigenvalue weighted by atomic mass is 9.87. The minimum atomic E-state index is -0.108. The van der Waals surface area contributed by atoms with Gasteiger partial charge in [0.05, 0.1) is 0 Å². The Hall–Kier alpha value is 0.390. The molecule has 0 heterocycles. The molecule has 2 saturated carbocycles. The first kappa shape index (κ1) is 15.8. The third-order valence-electron chi connectivity index (χ3n) is 5.28. The van der Waals surface area contributed by atoms with E-state index in [1.165, 1.54) is 89.4 Å². The third kappa shape index (κ3) is 6.13. The second-order valence-corrected chi connectivity index (χ2v) is 8.92. The van der Waals surface area contributed by atoms with Crippen LogP contribution in [0, 0.1) is 11.8 Å². The van der Waals surface area contributed by atoms with Crippen LogP contribution in [0.2, 0.25) is 0 Å². The standard InChI is InChI=1S/C17H33OP/c1-18-19(14-12-16-8-4-2-5-9-16)15-13-17-10-6-3-7-11-17/h16-17H,2-15H2,1H3. The summed E-state index contributed by atoms with van der Waals surface area (Å²) in [6.45, 7) is 0. The van der Waals surface area contributed by atoms with Gasteiger partial charge >= 0.3 is 0 Å². The molecular formula is C17H33OP. The Bertz CT molecular complexity index is 197. The Labute approximate surface area is 121 Å². The van der Waals surface area contributed by atoms with E-state index < -0.39 is 0 Å². The van der Waals surface area contributed by atoms with Gasteiger partial charge in [0, 0.05) is 15.3 Å². The normalized spacial score (nSPS) is 23.1. The first-order valence-electron chi connectivity index (χ1n) is 8.67. The smallest absolute Gasteiger partial charge is 0.0398 e. The second kappa shape index (κ2) is 9.35. The predicted octanol–water partition coefficient (Wildman–Crippen LogP) is 5.97. The lowest BCUT2D eigenvalue weighted by molar-refractivity contribution is 0.341. The van der Waals surface area contributed by atoms with Crippen molar-refractivity contribution in [3.05, 3.63) is 0 Å². The first-order chi connectivity index (χ1) is 9.38. The van der Waals surface area contributed by atoms with Crippen LogP contribution < -0.4 is 0 Å². The second-order valence-electron chi connectivity index (χ2n) is 6.70. The summed E-state index contributed by atoms with van der Waals surface area (Å²) >= 11 is 0. The molecule has 19 heavy (non-hydrogen) atoms. The average Bonchev–Trinajstić information content (AvgIpc) is 2.49. The highest BCUT2D eigenvalue weighted by atomic mass is 31.1. The van der Waals surface area contributed by atoms with Crippen LogP contribution in [0.4, 0.5) is 0 Å². The van der Waals surface area contributed by atoms with Crippen LogP contribution in [-0.4, -0.2) is 19.4 Å². The van der Waals surface area contributed by atoms with E-state index in [-0.39, 0.29) is 8.15 Å². The SMILES string of the molecule is COP(CCC1CCCCC1)CCC1CCCCC1. The highest BCUT2D eigenvalue weighted by Gasteiger charge is 2.18. The Balaban J connectivity index is 1.59. The molecule has 2 fully saturated rings. The summed E-state index contributed by atoms with van der Waals surface area (Å²) in [4.78, 5) is 0. The molecule has 0 amide bonds. The Morgan fingerprint density at radius 2 is 1.16 bits per heavy atom. The van der Waals surface area contributed by atoms with E-state index in [0.29, 0.717) is 0 Å². The molecule has 0 bridgehead atoms. The van der Waals surface area contributed by atoms with Crippen LogP contribution in [-0.2, 0) is 4.52 Å². The van der Waals surface area contributed by atoms with Crippen molar-refractivity contribution < 1.29 is 4.52 Å². The molecular weight excluding hydrogens is 251 g/mol. The van der Waals surface area contributed by atoms with Crippen molar-refractivity contribution in [2.24, 2.45) is 11.8 Å². The van der Waals surface area contributed by atoms with Gasteiger partial charge in [0.15, 0.2) is 0 Å². The summed E-state index contributed by atoms with van der Waals surface area (Å²) in [6.07, 6.45) is 20.5. The molecule has 0 aromatic carbocycles. The van der Waals surface area contributed by atoms with Crippen molar-refractivity contribution in [3.63, 3.8) is 0 Å². The van der Waals surface area contributed by atoms with Crippen molar-refractivity contribution in [1.29, 1.82) is 0 Å². The van der Waals surface area contributed by atoms with Gasteiger partial charge in [0.2, 0.25) is 0 Å².